The number of aliphatic hydroxyl groups is 1. The third-order valence-electron chi connectivity index (χ3n) is 9.00. The summed E-state index contributed by atoms with van der Waals surface area (Å²) in [5.74, 6) is -1.95. The van der Waals surface area contributed by atoms with Crippen LogP contribution in [0.3, 0.4) is 0 Å². The van der Waals surface area contributed by atoms with E-state index < -0.39 is 27.4 Å². The summed E-state index contributed by atoms with van der Waals surface area (Å²) in [5.41, 5.74) is 1.53. The normalized spacial score (nSPS) is 27.8. The molecular formula is C31H41N5O5S. The van der Waals surface area contributed by atoms with Crippen molar-refractivity contribution < 1.29 is 24.2 Å². The topological polar surface area (TPSA) is 118 Å². The monoisotopic (exact) mass is 595 g/mol. The largest absolute Gasteiger partial charge is 0.465 e. The second kappa shape index (κ2) is 12.6. The highest BCUT2D eigenvalue weighted by Crippen LogP contribution is 2.71. The Hall–Kier alpha value is -3.18. The van der Waals surface area contributed by atoms with Gasteiger partial charge in [0.15, 0.2) is 0 Å². The quantitative estimate of drug-likeness (QED) is 0.189. The molecule has 4 heterocycles. The van der Waals surface area contributed by atoms with E-state index in [1.807, 2.05) is 37.3 Å². The van der Waals surface area contributed by atoms with E-state index in [2.05, 4.69) is 23.5 Å². The molecule has 1 spiro atoms. The standard InChI is InChI=1S/C31H41N5O5S/c1-4-6-7-12-20-41-29(40)25-24-27(38)35(18-10-11-19-37)26(31(24)16-15-30(25,3)42-31)28(39)34(17-5-2)21-36-23-14-9-8-13-22(23)32-33-36/h4-5,8-9,13-14,24-26,37H,1-2,6-7,10-12,15-21H2,3H3/t24-,25+,26?,30-,31?/m0/s1. The maximum atomic E-state index is 14.6. The number of esters is 1. The number of unbranched alkanes of at least 4 members (excludes halogenated alkanes) is 3. The zero-order chi connectivity index (χ0) is 29.9. The van der Waals surface area contributed by atoms with Gasteiger partial charge in [-0.15, -0.1) is 30.0 Å². The second-order valence-electron chi connectivity index (χ2n) is 11.7. The molecule has 3 fully saturated rings. The summed E-state index contributed by atoms with van der Waals surface area (Å²) in [6.45, 7) is 10.7. The van der Waals surface area contributed by atoms with Gasteiger partial charge in [0.05, 0.1) is 28.7 Å². The maximum Gasteiger partial charge on any atom is 0.311 e. The fraction of sp³-hybridized carbons (Fsp3) is 0.581. The minimum Gasteiger partial charge on any atom is -0.465 e. The SMILES string of the molecule is C=CCCCCOC(=O)[C@H]1[C@H]2C(=O)N(CCCCO)C(C(=O)N(CC=C)Cn3nnc4ccccc43)C23CC[C@]1(C)S3. The van der Waals surface area contributed by atoms with E-state index in [9.17, 15) is 19.5 Å². The molecular weight excluding hydrogens is 554 g/mol. The highest BCUT2D eigenvalue weighted by Gasteiger charge is 2.77. The maximum absolute atomic E-state index is 14.6. The zero-order valence-corrected chi connectivity index (χ0v) is 25.1. The van der Waals surface area contributed by atoms with Crippen molar-refractivity contribution >= 4 is 40.6 Å². The van der Waals surface area contributed by atoms with Crippen molar-refractivity contribution in [1.29, 1.82) is 0 Å². The van der Waals surface area contributed by atoms with Crippen LogP contribution in [-0.4, -0.2) is 89.5 Å². The Morgan fingerprint density at radius 3 is 2.76 bits per heavy atom. The Morgan fingerprint density at radius 2 is 2.00 bits per heavy atom. The van der Waals surface area contributed by atoms with Crippen molar-refractivity contribution in [1.82, 2.24) is 24.8 Å². The van der Waals surface area contributed by atoms with Gasteiger partial charge in [0.2, 0.25) is 11.8 Å². The third-order valence-corrected chi connectivity index (χ3v) is 11.0. The van der Waals surface area contributed by atoms with Gasteiger partial charge in [-0.05, 0) is 64.0 Å². The molecule has 11 heteroatoms. The number of benzene rings is 1. The van der Waals surface area contributed by atoms with Gasteiger partial charge in [0.1, 0.15) is 18.2 Å². The fourth-order valence-electron chi connectivity index (χ4n) is 7.08. The minimum atomic E-state index is -0.749. The van der Waals surface area contributed by atoms with E-state index in [1.165, 1.54) is 0 Å². The van der Waals surface area contributed by atoms with Gasteiger partial charge in [-0.1, -0.05) is 29.5 Å². The number of hydrogen-bond donors (Lipinski definition) is 1. The number of nitrogens with zero attached hydrogens (tertiary/aromatic N) is 5. The lowest BCUT2D eigenvalue weighted by Gasteiger charge is -2.37. The molecule has 2 amide bonds. The molecule has 0 radical (unpaired) electrons. The molecule has 0 aliphatic carbocycles. The average molecular weight is 596 g/mol. The Kier molecular flexibility index (Phi) is 9.08. The molecule has 42 heavy (non-hydrogen) atoms. The van der Waals surface area contributed by atoms with E-state index in [-0.39, 0.29) is 37.6 Å². The number of allylic oxidation sites excluding steroid dienone is 1. The zero-order valence-electron chi connectivity index (χ0n) is 24.3. The fourth-order valence-corrected chi connectivity index (χ4v) is 9.42. The molecule has 3 saturated heterocycles. The number of aromatic nitrogens is 3. The molecule has 3 aliphatic heterocycles. The van der Waals surface area contributed by atoms with Crippen molar-refractivity contribution in [2.24, 2.45) is 11.8 Å². The van der Waals surface area contributed by atoms with Crippen molar-refractivity contribution in [3.63, 3.8) is 0 Å². The number of carbonyl (C=O) groups is 3. The Morgan fingerprint density at radius 1 is 1.19 bits per heavy atom. The number of ether oxygens (including phenoxy) is 1. The average Bonchev–Trinajstić information content (AvgIpc) is 3.68. The van der Waals surface area contributed by atoms with Crippen LogP contribution >= 0.6 is 11.8 Å². The molecule has 1 aromatic carbocycles. The summed E-state index contributed by atoms with van der Waals surface area (Å²) >= 11 is 1.63. The van der Waals surface area contributed by atoms with E-state index in [0.717, 1.165) is 36.7 Å². The van der Waals surface area contributed by atoms with Crippen LogP contribution in [0.1, 0.15) is 51.9 Å². The molecule has 2 aromatic rings. The van der Waals surface area contributed by atoms with Crippen LogP contribution in [0.15, 0.2) is 49.6 Å². The summed E-state index contributed by atoms with van der Waals surface area (Å²) in [7, 11) is 0. The number of carbonyl (C=O) groups excluding carboxylic acids is 3. The smallest absolute Gasteiger partial charge is 0.311 e. The van der Waals surface area contributed by atoms with Gasteiger partial charge in [0.25, 0.3) is 0 Å². The molecule has 5 rings (SSSR count). The summed E-state index contributed by atoms with van der Waals surface area (Å²) in [4.78, 5) is 45.8. The van der Waals surface area contributed by atoms with Crippen LogP contribution in [0, 0.1) is 11.8 Å². The first-order valence-electron chi connectivity index (χ1n) is 14.9. The van der Waals surface area contributed by atoms with Crippen LogP contribution in [-0.2, 0) is 25.8 Å². The lowest BCUT2D eigenvalue weighted by molar-refractivity contribution is -0.155. The van der Waals surface area contributed by atoms with Gasteiger partial charge < -0.3 is 19.6 Å². The predicted molar refractivity (Wildman–Crippen MR) is 161 cm³/mol. The number of fused-ring (bicyclic) bond motifs is 2. The van der Waals surface area contributed by atoms with Gasteiger partial charge in [0, 0.05) is 24.4 Å². The summed E-state index contributed by atoms with van der Waals surface area (Å²) in [5, 5.41) is 18.0. The predicted octanol–water partition coefficient (Wildman–Crippen LogP) is 3.56. The van der Waals surface area contributed by atoms with Crippen LogP contribution in [0.25, 0.3) is 11.0 Å². The number of para-hydroxylation sites is 1. The summed E-state index contributed by atoms with van der Waals surface area (Å²) in [6, 6.07) is 6.81. The molecule has 1 N–H and O–H groups in total. The van der Waals surface area contributed by atoms with Gasteiger partial charge >= 0.3 is 5.97 Å². The molecule has 3 aliphatic rings. The molecule has 2 unspecified atom stereocenters. The lowest BCUT2D eigenvalue weighted by atomic mass is 9.66. The first-order chi connectivity index (χ1) is 20.3. The van der Waals surface area contributed by atoms with Crippen LogP contribution in [0.4, 0.5) is 0 Å². The summed E-state index contributed by atoms with van der Waals surface area (Å²) in [6.07, 6.45) is 8.46. The summed E-state index contributed by atoms with van der Waals surface area (Å²) < 4.78 is 6.21. The number of aliphatic hydroxyl groups excluding tert-OH is 1. The molecule has 0 saturated carbocycles. The Balaban J connectivity index is 1.45. The first-order valence-corrected chi connectivity index (χ1v) is 15.7. The Labute approximate surface area is 251 Å². The van der Waals surface area contributed by atoms with Gasteiger partial charge in [-0.3, -0.25) is 14.4 Å². The molecule has 226 valence electrons. The Bertz CT molecular complexity index is 1350. The van der Waals surface area contributed by atoms with Crippen molar-refractivity contribution in [3.05, 3.63) is 49.6 Å². The van der Waals surface area contributed by atoms with Crippen molar-refractivity contribution in [2.75, 3.05) is 26.3 Å². The van der Waals surface area contributed by atoms with Gasteiger partial charge in [-0.25, -0.2) is 4.68 Å². The molecule has 5 atom stereocenters. The van der Waals surface area contributed by atoms with E-state index >= 15 is 0 Å². The third kappa shape index (κ3) is 5.25. The first kappa shape index (κ1) is 30.3. The molecule has 2 bridgehead atoms. The number of likely N-dealkylation sites (tertiary alicyclic amines) is 1. The highest BCUT2D eigenvalue weighted by molar-refractivity contribution is 8.02. The highest BCUT2D eigenvalue weighted by atomic mass is 32.2. The van der Waals surface area contributed by atoms with Crippen molar-refractivity contribution in [2.45, 2.75) is 74.1 Å². The van der Waals surface area contributed by atoms with Crippen LogP contribution in [0.2, 0.25) is 0 Å². The molecule has 1 aromatic heterocycles. The number of hydrogen-bond acceptors (Lipinski definition) is 8. The van der Waals surface area contributed by atoms with E-state index in [0.29, 0.717) is 32.4 Å². The lowest BCUT2D eigenvalue weighted by Crippen LogP contribution is -2.55. The minimum absolute atomic E-state index is 0.00476. The van der Waals surface area contributed by atoms with E-state index in [1.54, 1.807) is 32.3 Å². The van der Waals surface area contributed by atoms with Crippen LogP contribution < -0.4 is 0 Å². The number of rotatable bonds is 15. The molecule has 10 nitrogen and oxygen atoms in total. The van der Waals surface area contributed by atoms with E-state index in [4.69, 9.17) is 4.74 Å². The van der Waals surface area contributed by atoms with Crippen molar-refractivity contribution in [3.8, 4) is 0 Å². The number of amides is 2. The number of thioether (sulfide) groups is 1. The second-order valence-corrected chi connectivity index (χ2v) is 13.6. The van der Waals surface area contributed by atoms with Crippen LogP contribution in [0.5, 0.6) is 0 Å². The van der Waals surface area contributed by atoms with Gasteiger partial charge in [-0.2, -0.15) is 0 Å².